The van der Waals surface area contributed by atoms with E-state index in [0.717, 1.165) is 18.4 Å². The molecule has 1 aliphatic carbocycles. The number of esters is 1. The maximum Gasteiger partial charge on any atom is 0.308 e. The summed E-state index contributed by atoms with van der Waals surface area (Å²) in [7, 11) is 0. The summed E-state index contributed by atoms with van der Waals surface area (Å²) in [6.45, 7) is 6.49. The smallest absolute Gasteiger partial charge is 0.308 e. The van der Waals surface area contributed by atoms with E-state index >= 15 is 0 Å². The fourth-order valence-corrected chi connectivity index (χ4v) is 3.82. The van der Waals surface area contributed by atoms with E-state index in [1.807, 2.05) is 30.3 Å². The fourth-order valence-electron chi connectivity index (χ4n) is 3.82. The van der Waals surface area contributed by atoms with Crippen LogP contribution in [0.1, 0.15) is 58.1 Å². The van der Waals surface area contributed by atoms with Crippen molar-refractivity contribution in [2.75, 3.05) is 6.54 Å². The maximum atomic E-state index is 12.6. The van der Waals surface area contributed by atoms with Crippen molar-refractivity contribution in [1.82, 2.24) is 5.32 Å². The number of carbonyl (C=O) groups is 2. The molecular formula is C21H33ClN2O3. The van der Waals surface area contributed by atoms with Gasteiger partial charge in [-0.15, -0.1) is 12.4 Å². The molecule has 27 heavy (non-hydrogen) atoms. The van der Waals surface area contributed by atoms with Gasteiger partial charge in [0.05, 0.1) is 19.0 Å². The van der Waals surface area contributed by atoms with Gasteiger partial charge in [-0.1, -0.05) is 57.5 Å². The van der Waals surface area contributed by atoms with Gasteiger partial charge < -0.3 is 15.8 Å². The van der Waals surface area contributed by atoms with Crippen molar-refractivity contribution in [1.29, 1.82) is 0 Å². The van der Waals surface area contributed by atoms with Crippen LogP contribution in [0.5, 0.6) is 0 Å². The molecule has 6 heteroatoms. The number of hydrogen-bond acceptors (Lipinski definition) is 4. The van der Waals surface area contributed by atoms with Crippen LogP contribution in [0.3, 0.4) is 0 Å². The molecule has 2 rings (SSSR count). The van der Waals surface area contributed by atoms with Crippen molar-refractivity contribution in [2.45, 2.75) is 58.6 Å². The molecule has 4 atom stereocenters. The Labute approximate surface area is 168 Å². The lowest BCUT2D eigenvalue weighted by atomic mass is 9.75. The van der Waals surface area contributed by atoms with E-state index in [-0.39, 0.29) is 43.4 Å². The molecule has 1 aliphatic rings. The number of benzene rings is 1. The summed E-state index contributed by atoms with van der Waals surface area (Å²) in [5, 5.41) is 2.83. The number of hydrogen-bond donors (Lipinski definition) is 2. The minimum absolute atomic E-state index is 0. The van der Waals surface area contributed by atoms with Gasteiger partial charge in [0.2, 0.25) is 5.91 Å². The van der Waals surface area contributed by atoms with Crippen molar-refractivity contribution < 1.29 is 14.3 Å². The summed E-state index contributed by atoms with van der Waals surface area (Å²) in [4.78, 5) is 24.4. The lowest BCUT2D eigenvalue weighted by Crippen LogP contribution is -2.38. The van der Waals surface area contributed by atoms with E-state index < -0.39 is 6.04 Å². The van der Waals surface area contributed by atoms with Crippen molar-refractivity contribution in [3.63, 3.8) is 0 Å². The monoisotopic (exact) mass is 396 g/mol. The Morgan fingerprint density at radius 3 is 2.48 bits per heavy atom. The second-order valence-corrected chi connectivity index (χ2v) is 7.79. The van der Waals surface area contributed by atoms with Crippen LogP contribution >= 0.6 is 12.4 Å². The summed E-state index contributed by atoms with van der Waals surface area (Å²) < 4.78 is 5.88. The summed E-state index contributed by atoms with van der Waals surface area (Å²) in [6.07, 6.45) is 3.29. The molecule has 152 valence electrons. The van der Waals surface area contributed by atoms with Crippen LogP contribution in [0.15, 0.2) is 30.3 Å². The molecule has 0 saturated heterocycles. The van der Waals surface area contributed by atoms with E-state index in [1.165, 1.54) is 6.42 Å². The number of halogens is 1. The fraction of sp³-hybridized carbons (Fsp3) is 0.619. The SMILES string of the molecule is CC(C)[C@@H]1CC[C@@H](C)C[C@@H]1OC(=O)C[C@@H](NC(=O)CN)c1ccccc1.Cl. The zero-order valence-electron chi connectivity index (χ0n) is 16.5. The van der Waals surface area contributed by atoms with Crippen LogP contribution in [-0.4, -0.2) is 24.5 Å². The molecule has 0 radical (unpaired) electrons. The van der Waals surface area contributed by atoms with Crippen molar-refractivity contribution >= 4 is 24.3 Å². The summed E-state index contributed by atoms with van der Waals surface area (Å²) in [6, 6.07) is 9.06. The van der Waals surface area contributed by atoms with Gasteiger partial charge in [0.15, 0.2) is 0 Å². The number of ether oxygens (including phenoxy) is 1. The molecule has 0 bridgehead atoms. The summed E-state index contributed by atoms with van der Waals surface area (Å²) in [5.41, 5.74) is 6.30. The molecule has 0 aromatic heterocycles. The lowest BCUT2D eigenvalue weighted by molar-refractivity contribution is -0.156. The van der Waals surface area contributed by atoms with Gasteiger partial charge in [-0.3, -0.25) is 9.59 Å². The highest BCUT2D eigenvalue weighted by Crippen LogP contribution is 2.35. The van der Waals surface area contributed by atoms with Gasteiger partial charge in [-0.25, -0.2) is 0 Å². The maximum absolute atomic E-state index is 12.6. The molecule has 5 nitrogen and oxygen atoms in total. The molecule has 0 aliphatic heterocycles. The summed E-state index contributed by atoms with van der Waals surface area (Å²) in [5.74, 6) is 0.926. The number of rotatable bonds is 7. The van der Waals surface area contributed by atoms with Gasteiger partial charge in [0.1, 0.15) is 6.10 Å². The third-order valence-corrected chi connectivity index (χ3v) is 5.34. The van der Waals surface area contributed by atoms with Gasteiger partial charge in [0.25, 0.3) is 0 Å². The number of nitrogens with one attached hydrogen (secondary N) is 1. The Morgan fingerprint density at radius 1 is 1.22 bits per heavy atom. The summed E-state index contributed by atoms with van der Waals surface area (Å²) >= 11 is 0. The van der Waals surface area contributed by atoms with Gasteiger partial charge >= 0.3 is 5.97 Å². The van der Waals surface area contributed by atoms with Crippen LogP contribution in [0, 0.1) is 17.8 Å². The van der Waals surface area contributed by atoms with Crippen LogP contribution < -0.4 is 11.1 Å². The Morgan fingerprint density at radius 2 is 1.89 bits per heavy atom. The second-order valence-electron chi connectivity index (χ2n) is 7.79. The van der Waals surface area contributed by atoms with Gasteiger partial charge in [-0.2, -0.15) is 0 Å². The molecule has 1 aromatic rings. The molecule has 0 unspecified atom stereocenters. The standard InChI is InChI=1S/C21H32N2O3.ClH/c1-14(2)17-10-9-15(3)11-19(17)26-21(25)12-18(23-20(24)13-22)16-7-5-4-6-8-16;/h4-8,14-15,17-19H,9-13,22H2,1-3H3,(H,23,24);1H/t15-,17+,18-,19+;/m1./s1. The number of carbonyl (C=O) groups excluding carboxylic acids is 2. The minimum Gasteiger partial charge on any atom is -0.462 e. The van der Waals surface area contributed by atoms with E-state index in [9.17, 15) is 9.59 Å². The molecule has 0 spiro atoms. The van der Waals surface area contributed by atoms with E-state index in [2.05, 4.69) is 26.1 Å². The third kappa shape index (κ3) is 7.15. The molecule has 0 heterocycles. The van der Waals surface area contributed by atoms with E-state index in [4.69, 9.17) is 10.5 Å². The average Bonchev–Trinajstić information content (AvgIpc) is 2.61. The van der Waals surface area contributed by atoms with Crippen molar-refractivity contribution in [2.24, 2.45) is 23.5 Å². The zero-order valence-corrected chi connectivity index (χ0v) is 17.3. The second kappa shape index (κ2) is 11.3. The predicted molar refractivity (Wildman–Crippen MR) is 109 cm³/mol. The highest BCUT2D eigenvalue weighted by molar-refractivity contribution is 5.85. The Hall–Kier alpha value is -1.59. The highest BCUT2D eigenvalue weighted by atomic mass is 35.5. The normalized spacial score (nSPS) is 23.2. The van der Waals surface area contributed by atoms with Crippen LogP contribution in [0.2, 0.25) is 0 Å². The zero-order chi connectivity index (χ0) is 19.1. The molecule has 3 N–H and O–H groups in total. The predicted octanol–water partition coefficient (Wildman–Crippen LogP) is 3.62. The van der Waals surface area contributed by atoms with E-state index in [0.29, 0.717) is 17.8 Å². The Balaban J connectivity index is 0.00000364. The average molecular weight is 397 g/mol. The largest absolute Gasteiger partial charge is 0.462 e. The minimum atomic E-state index is -0.418. The Kier molecular flexibility index (Phi) is 9.81. The van der Waals surface area contributed by atoms with Crippen molar-refractivity contribution in [3.8, 4) is 0 Å². The molecule has 1 fully saturated rings. The van der Waals surface area contributed by atoms with Crippen LogP contribution in [-0.2, 0) is 14.3 Å². The first-order chi connectivity index (χ1) is 12.4. The molecule has 1 aromatic carbocycles. The van der Waals surface area contributed by atoms with E-state index in [1.54, 1.807) is 0 Å². The first-order valence-corrected chi connectivity index (χ1v) is 9.64. The topological polar surface area (TPSA) is 81.4 Å². The van der Waals surface area contributed by atoms with Crippen LogP contribution in [0.4, 0.5) is 0 Å². The van der Waals surface area contributed by atoms with Crippen LogP contribution in [0.25, 0.3) is 0 Å². The third-order valence-electron chi connectivity index (χ3n) is 5.34. The lowest BCUT2D eigenvalue weighted by Gasteiger charge is -2.37. The quantitative estimate of drug-likeness (QED) is 0.689. The Bertz CT molecular complexity index is 594. The molecule has 1 saturated carbocycles. The van der Waals surface area contributed by atoms with Gasteiger partial charge in [0, 0.05) is 0 Å². The molecule has 1 amide bonds. The van der Waals surface area contributed by atoms with Gasteiger partial charge in [-0.05, 0) is 36.2 Å². The first kappa shape index (κ1) is 23.4. The molecular weight excluding hydrogens is 364 g/mol. The highest BCUT2D eigenvalue weighted by Gasteiger charge is 2.34. The number of nitrogens with two attached hydrogens (primary N) is 1. The number of amides is 1. The van der Waals surface area contributed by atoms with Crippen molar-refractivity contribution in [3.05, 3.63) is 35.9 Å². The first-order valence-electron chi connectivity index (χ1n) is 9.64.